The topological polar surface area (TPSA) is 79.7 Å². The lowest BCUT2D eigenvalue weighted by molar-refractivity contribution is -0.116. The first-order chi connectivity index (χ1) is 12.8. The van der Waals surface area contributed by atoms with E-state index in [4.69, 9.17) is 4.74 Å². The summed E-state index contributed by atoms with van der Waals surface area (Å²) in [7, 11) is 7.18. The molecule has 0 spiro atoms. The van der Waals surface area contributed by atoms with Crippen molar-refractivity contribution < 1.29 is 14.3 Å². The highest BCUT2D eigenvalue weighted by Gasteiger charge is 2.28. The highest BCUT2D eigenvalue weighted by Crippen LogP contribution is 2.34. The number of aromatic nitrogens is 2. The van der Waals surface area contributed by atoms with Crippen LogP contribution in [0.3, 0.4) is 0 Å². The summed E-state index contributed by atoms with van der Waals surface area (Å²) < 4.78 is 7.53. The van der Waals surface area contributed by atoms with E-state index >= 15 is 0 Å². The lowest BCUT2D eigenvalue weighted by Gasteiger charge is -2.35. The summed E-state index contributed by atoms with van der Waals surface area (Å²) in [5, 5.41) is 7.03. The summed E-state index contributed by atoms with van der Waals surface area (Å²) in [6.07, 6.45) is 1.92. The molecule has 1 aliphatic heterocycles. The molecule has 8 heteroatoms. The summed E-state index contributed by atoms with van der Waals surface area (Å²) in [4.78, 5) is 28.2. The standard InChI is InChI=1S/C19H25N5O3/c1-12-15(10-20-24(12)5)21-18(25)9-14-11-27-17-7-6-13(19(26)22(2)3)8-16(17)23(14)4/h6-8,10,14H,9,11H2,1-5H3,(H,21,25). The zero-order valence-electron chi connectivity index (χ0n) is 16.3. The van der Waals surface area contributed by atoms with Gasteiger partial charge in [-0.1, -0.05) is 0 Å². The van der Waals surface area contributed by atoms with Crippen LogP contribution in [-0.4, -0.2) is 60.3 Å². The number of hydrogen-bond acceptors (Lipinski definition) is 5. The molecule has 0 radical (unpaired) electrons. The number of aryl methyl sites for hydroxylation is 1. The second-order valence-electron chi connectivity index (χ2n) is 6.98. The van der Waals surface area contributed by atoms with Crippen LogP contribution < -0.4 is 15.0 Å². The number of nitrogens with zero attached hydrogens (tertiary/aromatic N) is 4. The van der Waals surface area contributed by atoms with E-state index < -0.39 is 0 Å². The summed E-state index contributed by atoms with van der Waals surface area (Å²) in [6.45, 7) is 2.31. The SMILES string of the molecule is Cc1c(NC(=O)CC2COc3ccc(C(=O)N(C)C)cc3N2C)cnn1C. The normalized spacial score (nSPS) is 15.7. The molecule has 8 nitrogen and oxygen atoms in total. The van der Waals surface area contributed by atoms with Crippen LogP contribution in [0.15, 0.2) is 24.4 Å². The lowest BCUT2D eigenvalue weighted by atomic mass is 10.1. The monoisotopic (exact) mass is 371 g/mol. The van der Waals surface area contributed by atoms with Crippen molar-refractivity contribution in [2.45, 2.75) is 19.4 Å². The summed E-state index contributed by atoms with van der Waals surface area (Å²) in [5.41, 5.74) is 3.00. The number of likely N-dealkylation sites (N-methyl/N-ethyl adjacent to an activating group) is 1. The Morgan fingerprint density at radius 2 is 2.07 bits per heavy atom. The minimum absolute atomic E-state index is 0.0712. The molecule has 1 atom stereocenters. The Bertz CT molecular complexity index is 874. The third kappa shape index (κ3) is 3.74. The molecular formula is C19H25N5O3. The van der Waals surface area contributed by atoms with E-state index in [-0.39, 0.29) is 24.3 Å². The minimum atomic E-state index is -0.126. The van der Waals surface area contributed by atoms with Crippen molar-refractivity contribution in [2.75, 3.05) is 38.0 Å². The lowest BCUT2D eigenvalue weighted by Crippen LogP contribution is -2.42. The molecule has 1 aliphatic rings. The van der Waals surface area contributed by atoms with Crippen molar-refractivity contribution in [2.24, 2.45) is 7.05 Å². The van der Waals surface area contributed by atoms with Gasteiger partial charge in [-0.05, 0) is 25.1 Å². The Kier molecular flexibility index (Phi) is 5.07. The van der Waals surface area contributed by atoms with E-state index in [2.05, 4.69) is 10.4 Å². The second-order valence-corrected chi connectivity index (χ2v) is 6.98. The van der Waals surface area contributed by atoms with Crippen LogP contribution in [0.2, 0.25) is 0 Å². The van der Waals surface area contributed by atoms with Gasteiger partial charge in [0.2, 0.25) is 5.91 Å². The van der Waals surface area contributed by atoms with Crippen LogP contribution >= 0.6 is 0 Å². The molecule has 0 bridgehead atoms. The van der Waals surface area contributed by atoms with E-state index in [0.717, 1.165) is 11.4 Å². The third-order valence-electron chi connectivity index (χ3n) is 4.90. The van der Waals surface area contributed by atoms with Crippen LogP contribution in [0.4, 0.5) is 11.4 Å². The number of amides is 2. The Labute approximate surface area is 158 Å². The highest BCUT2D eigenvalue weighted by molar-refractivity contribution is 5.95. The van der Waals surface area contributed by atoms with Gasteiger partial charge in [-0.25, -0.2) is 0 Å². The number of benzene rings is 1. The molecule has 1 aromatic heterocycles. The van der Waals surface area contributed by atoms with Gasteiger partial charge in [-0.3, -0.25) is 14.3 Å². The van der Waals surface area contributed by atoms with Crippen molar-refractivity contribution in [3.8, 4) is 5.75 Å². The number of fused-ring (bicyclic) bond motifs is 1. The van der Waals surface area contributed by atoms with E-state index in [1.165, 1.54) is 4.90 Å². The smallest absolute Gasteiger partial charge is 0.253 e. The Morgan fingerprint density at radius 3 is 2.70 bits per heavy atom. The molecular weight excluding hydrogens is 346 g/mol. The Balaban J connectivity index is 1.73. The van der Waals surface area contributed by atoms with Gasteiger partial charge in [0.05, 0.1) is 35.7 Å². The van der Waals surface area contributed by atoms with E-state index in [1.807, 2.05) is 32.0 Å². The first kappa shape index (κ1) is 18.8. The Morgan fingerprint density at radius 1 is 1.33 bits per heavy atom. The predicted octanol–water partition coefficient (Wildman–Crippen LogP) is 1.66. The fraction of sp³-hybridized carbons (Fsp3) is 0.421. The van der Waals surface area contributed by atoms with Gasteiger partial charge in [0.1, 0.15) is 12.4 Å². The van der Waals surface area contributed by atoms with Gasteiger partial charge in [-0.2, -0.15) is 5.10 Å². The van der Waals surface area contributed by atoms with Gasteiger partial charge in [-0.15, -0.1) is 0 Å². The first-order valence-corrected chi connectivity index (χ1v) is 8.77. The quantitative estimate of drug-likeness (QED) is 0.884. The maximum absolute atomic E-state index is 12.5. The molecule has 0 aliphatic carbocycles. The van der Waals surface area contributed by atoms with Gasteiger partial charge in [0, 0.05) is 33.8 Å². The number of ether oxygens (including phenoxy) is 1. The highest BCUT2D eigenvalue weighted by atomic mass is 16.5. The molecule has 144 valence electrons. The largest absolute Gasteiger partial charge is 0.489 e. The maximum Gasteiger partial charge on any atom is 0.253 e. The van der Waals surface area contributed by atoms with E-state index in [1.54, 1.807) is 37.1 Å². The minimum Gasteiger partial charge on any atom is -0.489 e. The molecule has 1 aromatic carbocycles. The van der Waals surface area contributed by atoms with Crippen LogP contribution in [0.25, 0.3) is 0 Å². The summed E-state index contributed by atoms with van der Waals surface area (Å²) >= 11 is 0. The molecule has 0 fully saturated rings. The molecule has 2 aromatic rings. The van der Waals surface area contributed by atoms with Crippen LogP contribution in [0.5, 0.6) is 5.75 Å². The molecule has 1 N–H and O–H groups in total. The molecule has 1 unspecified atom stereocenters. The van der Waals surface area contributed by atoms with E-state index in [9.17, 15) is 9.59 Å². The van der Waals surface area contributed by atoms with Crippen molar-refractivity contribution in [1.82, 2.24) is 14.7 Å². The van der Waals surface area contributed by atoms with E-state index in [0.29, 0.717) is 23.6 Å². The zero-order chi connectivity index (χ0) is 19.7. The van der Waals surface area contributed by atoms with Gasteiger partial charge >= 0.3 is 0 Å². The van der Waals surface area contributed by atoms with Crippen molar-refractivity contribution in [3.05, 3.63) is 35.7 Å². The number of carbonyl (C=O) groups excluding carboxylic acids is 2. The van der Waals surface area contributed by atoms with Gasteiger partial charge < -0.3 is 19.9 Å². The molecule has 2 amide bonds. The molecule has 2 heterocycles. The maximum atomic E-state index is 12.5. The molecule has 3 rings (SSSR count). The number of hydrogen-bond donors (Lipinski definition) is 1. The molecule has 0 saturated heterocycles. The zero-order valence-corrected chi connectivity index (χ0v) is 16.3. The predicted molar refractivity (Wildman–Crippen MR) is 103 cm³/mol. The fourth-order valence-corrected chi connectivity index (χ4v) is 3.03. The average molecular weight is 371 g/mol. The molecule has 27 heavy (non-hydrogen) atoms. The second kappa shape index (κ2) is 7.30. The fourth-order valence-electron chi connectivity index (χ4n) is 3.03. The average Bonchev–Trinajstić information content (AvgIpc) is 2.95. The van der Waals surface area contributed by atoms with Gasteiger partial charge in [0.25, 0.3) is 5.91 Å². The number of anilines is 2. The number of nitrogens with one attached hydrogen (secondary N) is 1. The van der Waals surface area contributed by atoms with Crippen molar-refractivity contribution in [3.63, 3.8) is 0 Å². The third-order valence-corrected chi connectivity index (χ3v) is 4.90. The number of rotatable bonds is 4. The van der Waals surface area contributed by atoms with Crippen LogP contribution in [0.1, 0.15) is 22.5 Å². The summed E-state index contributed by atoms with van der Waals surface area (Å²) in [6, 6.07) is 5.25. The van der Waals surface area contributed by atoms with Crippen molar-refractivity contribution >= 4 is 23.2 Å². The first-order valence-electron chi connectivity index (χ1n) is 8.77. The summed E-state index contributed by atoms with van der Waals surface area (Å²) in [5.74, 6) is 0.543. The van der Waals surface area contributed by atoms with Crippen LogP contribution in [0, 0.1) is 6.92 Å². The number of carbonyl (C=O) groups is 2. The molecule has 0 saturated carbocycles. The Hall–Kier alpha value is -3.03. The van der Waals surface area contributed by atoms with Crippen molar-refractivity contribution in [1.29, 1.82) is 0 Å². The van der Waals surface area contributed by atoms with Gasteiger partial charge in [0.15, 0.2) is 0 Å². The van der Waals surface area contributed by atoms with Crippen LogP contribution in [-0.2, 0) is 11.8 Å².